The minimum atomic E-state index is 0. The second-order valence-electron chi connectivity index (χ2n) is 0. The molecule has 4 heteroatoms. The molecule has 4 heavy (non-hydrogen) atoms. The molecule has 0 aromatic carbocycles. The zero-order valence-corrected chi connectivity index (χ0v) is 13.7. The Morgan fingerprint density at radius 3 is 0.750 bits per heavy atom. The molecule has 0 atom stereocenters. The van der Waals surface area contributed by atoms with E-state index in [1.54, 1.807) is 0 Å². The molecule has 0 aliphatic heterocycles. The summed E-state index contributed by atoms with van der Waals surface area (Å²) in [7, 11) is 0. The second-order valence-corrected chi connectivity index (χ2v) is 0. The van der Waals surface area contributed by atoms with Crippen LogP contribution in [0.25, 0.3) is 0 Å². The van der Waals surface area contributed by atoms with Crippen LogP contribution in [0.2, 0.25) is 0 Å². The topological polar surface area (TPSA) is 0 Å². The zero-order valence-electron chi connectivity index (χ0n) is 6.71. The van der Waals surface area contributed by atoms with Crippen molar-refractivity contribution in [3.8, 4) is 0 Å². The van der Waals surface area contributed by atoms with Gasteiger partial charge in [0.05, 0.1) is 0 Å². The number of hydrogen-bond donors (Lipinski definition) is 0. The monoisotopic (exact) mass is 196 g/mol. The zero-order chi connectivity index (χ0) is 0. The predicted octanol–water partition coefficient (Wildman–Crippen LogP) is -9.83. The molecule has 0 rings (SSSR count). The van der Waals surface area contributed by atoms with Crippen molar-refractivity contribution in [3.63, 3.8) is 0 Å². The van der Waals surface area contributed by atoms with Gasteiger partial charge in [0.2, 0.25) is 0 Å². The van der Waals surface area contributed by atoms with Crippen LogP contribution in [0.4, 0.5) is 0 Å². The Morgan fingerprint density at radius 2 is 0.750 bits per heavy atom. The standard InChI is InChI=1S/3Na.Sb.6H/q3*+1;;;;;3*-1. The molecule has 0 spiro atoms. The van der Waals surface area contributed by atoms with Gasteiger partial charge in [0, 0.05) is 0 Å². The summed E-state index contributed by atoms with van der Waals surface area (Å²) in [6.07, 6.45) is 0. The van der Waals surface area contributed by atoms with Crippen molar-refractivity contribution in [2.24, 2.45) is 0 Å². The van der Waals surface area contributed by atoms with Gasteiger partial charge >= 0.3 is 113 Å². The Bertz CT molecular complexity index is 10.1. The molecule has 0 aliphatic rings. The number of rotatable bonds is 0. The van der Waals surface area contributed by atoms with Crippen molar-refractivity contribution in [3.05, 3.63) is 0 Å². The molecule has 0 aliphatic carbocycles. The summed E-state index contributed by atoms with van der Waals surface area (Å²) in [5, 5.41) is 0. The number of hydrogen-bond acceptors (Lipinski definition) is 0. The van der Waals surface area contributed by atoms with Crippen molar-refractivity contribution < 1.29 is 93.0 Å². The van der Waals surface area contributed by atoms with Crippen LogP contribution < -0.4 is 88.7 Å². The summed E-state index contributed by atoms with van der Waals surface area (Å²) in [6.45, 7) is 0. The van der Waals surface area contributed by atoms with E-state index in [0.29, 0.717) is 0 Å². The maximum atomic E-state index is 0. The molecule has 0 fully saturated rings. The van der Waals surface area contributed by atoms with Gasteiger partial charge in [-0.2, -0.15) is 0 Å². The van der Waals surface area contributed by atoms with Gasteiger partial charge in [0.1, 0.15) is 0 Å². The molecule has 0 nitrogen and oxygen atoms in total. The fourth-order valence-electron chi connectivity index (χ4n) is 0. The Morgan fingerprint density at radius 1 is 0.750 bits per heavy atom. The van der Waals surface area contributed by atoms with Crippen LogP contribution >= 0.6 is 0 Å². The van der Waals surface area contributed by atoms with E-state index in [9.17, 15) is 0 Å². The van der Waals surface area contributed by atoms with E-state index in [-0.39, 0.29) is 117 Å². The van der Waals surface area contributed by atoms with Gasteiger partial charge in [-0.25, -0.2) is 0 Å². The van der Waals surface area contributed by atoms with Gasteiger partial charge in [-0.3, -0.25) is 0 Å². The van der Waals surface area contributed by atoms with Gasteiger partial charge in [0.25, 0.3) is 0 Å². The van der Waals surface area contributed by atoms with Gasteiger partial charge < -0.3 is 4.28 Å². The van der Waals surface area contributed by atoms with E-state index in [0.717, 1.165) is 0 Å². The second kappa shape index (κ2) is 15.8. The summed E-state index contributed by atoms with van der Waals surface area (Å²) >= 11 is 0. The van der Waals surface area contributed by atoms with Gasteiger partial charge in [-0.15, -0.1) is 0 Å². The minimum absolute atomic E-state index is 0. The summed E-state index contributed by atoms with van der Waals surface area (Å²) in [6, 6.07) is 0. The molecule has 0 radical (unpaired) electrons. The van der Waals surface area contributed by atoms with Gasteiger partial charge in [0.15, 0.2) is 0 Å². The van der Waals surface area contributed by atoms with Crippen LogP contribution in [-0.2, 0) is 0 Å². The summed E-state index contributed by atoms with van der Waals surface area (Å²) in [4.78, 5) is 0. The Hall–Kier alpha value is 3.82. The van der Waals surface area contributed by atoms with Gasteiger partial charge in [-0.05, 0) is 0 Å². The molecule has 0 aromatic heterocycles. The van der Waals surface area contributed by atoms with Crippen molar-refractivity contribution in [1.29, 1.82) is 0 Å². The average Bonchev–Trinajstić information content (AvgIpc) is 0. The third kappa shape index (κ3) is 9.26. The van der Waals surface area contributed by atoms with Crippen molar-refractivity contribution >= 4 is 24.4 Å². The average molecular weight is 197 g/mol. The molecule has 0 saturated carbocycles. The van der Waals surface area contributed by atoms with Gasteiger partial charge in [-0.1, -0.05) is 0 Å². The molecule has 0 aromatic rings. The third-order valence-electron chi connectivity index (χ3n) is 0. The van der Waals surface area contributed by atoms with E-state index in [1.807, 2.05) is 0 Å². The normalized spacial score (nSPS) is 0. The molecule has 0 N–H and O–H groups in total. The molecule has 0 saturated heterocycles. The van der Waals surface area contributed by atoms with Crippen LogP contribution in [0.3, 0.4) is 0 Å². The van der Waals surface area contributed by atoms with Crippen LogP contribution in [0.1, 0.15) is 4.28 Å². The molecule has 0 unspecified atom stereocenters. The van der Waals surface area contributed by atoms with Crippen LogP contribution in [0, 0.1) is 0 Å². The molecular formula is H6Na3Sb. The molecule has 0 bridgehead atoms. The molecular weight excluding hydrogens is 191 g/mol. The first-order chi connectivity index (χ1) is 0. The Balaban J connectivity index is 0. The molecule has 14 valence electrons. The fourth-order valence-corrected chi connectivity index (χ4v) is 0. The summed E-state index contributed by atoms with van der Waals surface area (Å²) < 4.78 is 0. The quantitative estimate of drug-likeness (QED) is 0.338. The predicted molar refractivity (Wildman–Crippen MR) is 13.3 cm³/mol. The first-order valence-corrected chi connectivity index (χ1v) is 0. The van der Waals surface area contributed by atoms with E-state index in [1.165, 1.54) is 0 Å². The molecule has 0 amide bonds. The Labute approximate surface area is 115 Å². The van der Waals surface area contributed by atoms with Crippen molar-refractivity contribution in [2.75, 3.05) is 0 Å². The SMILES string of the molecule is [H-].[H-].[H-].[Na+].[Na+].[Na+].[SbH3]. The summed E-state index contributed by atoms with van der Waals surface area (Å²) in [5.74, 6) is 0. The van der Waals surface area contributed by atoms with Crippen molar-refractivity contribution in [2.45, 2.75) is 0 Å². The van der Waals surface area contributed by atoms with E-state index in [2.05, 4.69) is 0 Å². The third-order valence-corrected chi connectivity index (χ3v) is 0. The van der Waals surface area contributed by atoms with Crippen LogP contribution in [0.5, 0.6) is 0 Å². The van der Waals surface area contributed by atoms with E-state index < -0.39 is 0 Å². The van der Waals surface area contributed by atoms with Crippen LogP contribution in [-0.4, -0.2) is 24.4 Å². The maximum absolute atomic E-state index is 0. The van der Waals surface area contributed by atoms with E-state index in [4.69, 9.17) is 0 Å². The molecule has 0 heterocycles. The van der Waals surface area contributed by atoms with Crippen LogP contribution in [0.15, 0.2) is 0 Å². The Kier molecular flexibility index (Phi) is 98.7. The summed E-state index contributed by atoms with van der Waals surface area (Å²) in [5.41, 5.74) is 0. The first-order valence-electron chi connectivity index (χ1n) is 0. The van der Waals surface area contributed by atoms with E-state index >= 15 is 0 Å². The van der Waals surface area contributed by atoms with Crippen molar-refractivity contribution in [1.82, 2.24) is 0 Å². The fraction of sp³-hybridized carbons (Fsp3) is 0. The first kappa shape index (κ1) is 24.9.